The van der Waals surface area contributed by atoms with Gasteiger partial charge in [0.25, 0.3) is 0 Å². The lowest BCUT2D eigenvalue weighted by Crippen LogP contribution is -2.36. The monoisotopic (exact) mass is 278 g/mol. The normalized spacial score (nSPS) is 18.2. The van der Waals surface area contributed by atoms with Crippen LogP contribution in [-0.4, -0.2) is 24.0 Å². The molecule has 0 radical (unpaired) electrons. The van der Waals surface area contributed by atoms with Crippen LogP contribution < -0.4 is 5.73 Å². The van der Waals surface area contributed by atoms with E-state index in [0.29, 0.717) is 5.56 Å². The number of nitrogens with zero attached hydrogens (tertiary/aromatic N) is 1. The molecule has 0 aromatic heterocycles. The Labute approximate surface area is 122 Å². The molecule has 1 aromatic rings. The van der Waals surface area contributed by atoms with Crippen molar-refractivity contribution >= 4 is 0 Å². The summed E-state index contributed by atoms with van der Waals surface area (Å²) in [7, 11) is 0. The molecule has 3 heteroatoms. The fourth-order valence-corrected chi connectivity index (χ4v) is 2.76. The summed E-state index contributed by atoms with van der Waals surface area (Å²) in [5.41, 5.74) is 6.91. The Balaban J connectivity index is 1.95. The second-order valence-corrected chi connectivity index (χ2v) is 6.10. The molecular weight excluding hydrogens is 251 g/mol. The first-order valence-corrected chi connectivity index (χ1v) is 7.87. The zero-order chi connectivity index (χ0) is 14.5. The van der Waals surface area contributed by atoms with Crippen LogP contribution in [-0.2, 0) is 0 Å². The molecule has 0 amide bonds. The molecule has 2 nitrogen and oxygen atoms in total. The van der Waals surface area contributed by atoms with Gasteiger partial charge in [-0.05, 0) is 37.8 Å². The summed E-state index contributed by atoms with van der Waals surface area (Å²) in [5, 5.41) is 0. The van der Waals surface area contributed by atoms with E-state index < -0.39 is 0 Å². The molecule has 1 aromatic carbocycles. The van der Waals surface area contributed by atoms with E-state index in [1.54, 1.807) is 6.07 Å². The van der Waals surface area contributed by atoms with E-state index in [2.05, 4.69) is 18.7 Å². The van der Waals surface area contributed by atoms with Crippen LogP contribution in [0, 0.1) is 11.7 Å². The number of unbranched alkanes of at least 4 members (excludes halogenated alkanes) is 1. The second-order valence-electron chi connectivity index (χ2n) is 6.10. The minimum absolute atomic E-state index is 0.182. The molecule has 1 fully saturated rings. The van der Waals surface area contributed by atoms with Crippen molar-refractivity contribution in [3.05, 3.63) is 35.6 Å². The van der Waals surface area contributed by atoms with E-state index in [1.807, 2.05) is 12.1 Å². The maximum Gasteiger partial charge on any atom is 0.127 e. The van der Waals surface area contributed by atoms with Crippen LogP contribution in [0.5, 0.6) is 0 Å². The average Bonchev–Trinajstić information content (AvgIpc) is 3.27. The van der Waals surface area contributed by atoms with E-state index in [9.17, 15) is 4.39 Å². The lowest BCUT2D eigenvalue weighted by Gasteiger charge is -2.29. The minimum Gasteiger partial charge on any atom is -0.324 e. The molecule has 0 bridgehead atoms. The summed E-state index contributed by atoms with van der Waals surface area (Å²) >= 11 is 0. The fourth-order valence-electron chi connectivity index (χ4n) is 2.76. The molecule has 2 unspecified atom stereocenters. The highest BCUT2D eigenvalue weighted by atomic mass is 19.1. The SMILES string of the molecule is CCCCN(CC(C)C(N)c1ccccc1F)C1CC1. The van der Waals surface area contributed by atoms with E-state index in [-0.39, 0.29) is 17.8 Å². The van der Waals surface area contributed by atoms with Crippen LogP contribution in [0.3, 0.4) is 0 Å². The Kier molecular flexibility index (Phi) is 5.55. The highest BCUT2D eigenvalue weighted by molar-refractivity contribution is 5.21. The summed E-state index contributed by atoms with van der Waals surface area (Å²) < 4.78 is 13.8. The second kappa shape index (κ2) is 7.19. The van der Waals surface area contributed by atoms with E-state index in [4.69, 9.17) is 5.73 Å². The molecular formula is C17H27FN2. The van der Waals surface area contributed by atoms with Crippen LogP contribution in [0.2, 0.25) is 0 Å². The third kappa shape index (κ3) is 4.03. The van der Waals surface area contributed by atoms with Crippen molar-refractivity contribution in [2.24, 2.45) is 11.7 Å². The molecule has 0 spiro atoms. The summed E-state index contributed by atoms with van der Waals surface area (Å²) in [6, 6.07) is 7.41. The predicted octanol–water partition coefficient (Wildman–Crippen LogP) is 3.73. The molecule has 20 heavy (non-hydrogen) atoms. The molecule has 0 aliphatic heterocycles. The number of nitrogens with two attached hydrogens (primary N) is 1. The Hall–Kier alpha value is -0.930. The van der Waals surface area contributed by atoms with Crippen molar-refractivity contribution in [2.45, 2.75) is 51.6 Å². The van der Waals surface area contributed by atoms with Crippen molar-refractivity contribution in [1.82, 2.24) is 4.90 Å². The molecule has 2 atom stereocenters. The number of rotatable bonds is 8. The van der Waals surface area contributed by atoms with Crippen molar-refractivity contribution in [3.8, 4) is 0 Å². The van der Waals surface area contributed by atoms with Gasteiger partial charge in [0.05, 0.1) is 0 Å². The number of halogens is 1. The standard InChI is InChI=1S/C17H27FN2/c1-3-4-11-20(14-9-10-14)12-13(2)17(19)15-7-5-6-8-16(15)18/h5-8,13-14,17H,3-4,9-12,19H2,1-2H3. The van der Waals surface area contributed by atoms with Gasteiger partial charge in [0.1, 0.15) is 5.82 Å². The molecule has 1 aliphatic rings. The fraction of sp³-hybridized carbons (Fsp3) is 0.647. The maximum absolute atomic E-state index is 13.8. The summed E-state index contributed by atoms with van der Waals surface area (Å²) in [4.78, 5) is 2.55. The van der Waals surface area contributed by atoms with Gasteiger partial charge < -0.3 is 10.6 Å². The third-order valence-electron chi connectivity index (χ3n) is 4.26. The van der Waals surface area contributed by atoms with Crippen LogP contribution in [0.1, 0.15) is 51.1 Å². The topological polar surface area (TPSA) is 29.3 Å². The van der Waals surface area contributed by atoms with Gasteiger partial charge in [0.15, 0.2) is 0 Å². The highest BCUT2D eigenvalue weighted by Gasteiger charge is 2.30. The number of hydrogen-bond donors (Lipinski definition) is 1. The summed E-state index contributed by atoms with van der Waals surface area (Å²) in [6.45, 7) is 6.48. The molecule has 0 saturated heterocycles. The summed E-state index contributed by atoms with van der Waals surface area (Å²) in [6.07, 6.45) is 5.08. The first-order valence-electron chi connectivity index (χ1n) is 7.87. The first kappa shape index (κ1) is 15.5. The third-order valence-corrected chi connectivity index (χ3v) is 4.26. The van der Waals surface area contributed by atoms with Gasteiger partial charge in [0.2, 0.25) is 0 Å². The average molecular weight is 278 g/mol. The van der Waals surface area contributed by atoms with Crippen molar-refractivity contribution in [3.63, 3.8) is 0 Å². The van der Waals surface area contributed by atoms with Crippen LogP contribution in [0.15, 0.2) is 24.3 Å². The number of hydrogen-bond acceptors (Lipinski definition) is 2. The molecule has 0 heterocycles. The lowest BCUT2D eigenvalue weighted by atomic mass is 9.94. The summed E-state index contributed by atoms with van der Waals surface area (Å²) in [5.74, 6) is 0.0859. The smallest absolute Gasteiger partial charge is 0.127 e. The minimum atomic E-state index is -0.223. The van der Waals surface area contributed by atoms with Crippen LogP contribution >= 0.6 is 0 Å². The van der Waals surface area contributed by atoms with Gasteiger partial charge in [-0.2, -0.15) is 0 Å². The van der Waals surface area contributed by atoms with Crippen molar-refractivity contribution < 1.29 is 4.39 Å². The highest BCUT2D eigenvalue weighted by Crippen LogP contribution is 2.30. The Bertz CT molecular complexity index is 417. The Morgan fingerprint density at radius 2 is 2.05 bits per heavy atom. The van der Waals surface area contributed by atoms with Gasteiger partial charge in [-0.15, -0.1) is 0 Å². The van der Waals surface area contributed by atoms with Crippen LogP contribution in [0.4, 0.5) is 4.39 Å². The molecule has 1 aliphatic carbocycles. The van der Waals surface area contributed by atoms with Gasteiger partial charge >= 0.3 is 0 Å². The molecule has 2 rings (SSSR count). The predicted molar refractivity (Wildman–Crippen MR) is 82.0 cm³/mol. The number of benzene rings is 1. The van der Waals surface area contributed by atoms with Crippen molar-refractivity contribution in [2.75, 3.05) is 13.1 Å². The first-order chi connectivity index (χ1) is 9.63. The van der Waals surface area contributed by atoms with E-state index in [1.165, 1.54) is 31.7 Å². The Morgan fingerprint density at radius 1 is 1.35 bits per heavy atom. The zero-order valence-corrected chi connectivity index (χ0v) is 12.7. The largest absolute Gasteiger partial charge is 0.324 e. The Morgan fingerprint density at radius 3 is 2.65 bits per heavy atom. The molecule has 1 saturated carbocycles. The molecule has 2 N–H and O–H groups in total. The van der Waals surface area contributed by atoms with Gasteiger partial charge in [-0.3, -0.25) is 0 Å². The maximum atomic E-state index is 13.8. The van der Waals surface area contributed by atoms with Gasteiger partial charge in [0, 0.05) is 24.2 Å². The van der Waals surface area contributed by atoms with Crippen LogP contribution in [0.25, 0.3) is 0 Å². The van der Waals surface area contributed by atoms with Crippen molar-refractivity contribution in [1.29, 1.82) is 0 Å². The molecule has 112 valence electrons. The quantitative estimate of drug-likeness (QED) is 0.785. The van der Waals surface area contributed by atoms with E-state index >= 15 is 0 Å². The lowest BCUT2D eigenvalue weighted by molar-refractivity contribution is 0.209. The van der Waals surface area contributed by atoms with Gasteiger partial charge in [-0.1, -0.05) is 38.5 Å². The van der Waals surface area contributed by atoms with Gasteiger partial charge in [-0.25, -0.2) is 4.39 Å². The zero-order valence-electron chi connectivity index (χ0n) is 12.7. The van der Waals surface area contributed by atoms with E-state index in [0.717, 1.165) is 19.1 Å².